The summed E-state index contributed by atoms with van der Waals surface area (Å²) in [7, 11) is -3.87. The van der Waals surface area contributed by atoms with E-state index < -0.39 is 15.8 Å². The van der Waals surface area contributed by atoms with Crippen LogP contribution in [-0.2, 0) is 10.0 Å². The van der Waals surface area contributed by atoms with E-state index in [1.54, 1.807) is 13.0 Å². The zero-order valence-corrected chi connectivity index (χ0v) is 12.9. The van der Waals surface area contributed by atoms with Crippen LogP contribution in [0.2, 0.25) is 0 Å². The number of benzene rings is 2. The van der Waals surface area contributed by atoms with Gasteiger partial charge in [-0.3, -0.25) is 4.72 Å². The molecule has 7 heteroatoms. The van der Waals surface area contributed by atoms with Crippen molar-refractivity contribution in [2.75, 3.05) is 10.5 Å². The van der Waals surface area contributed by atoms with Crippen molar-refractivity contribution in [1.82, 2.24) is 0 Å². The first-order chi connectivity index (χ1) is 9.31. The minimum Gasteiger partial charge on any atom is -0.399 e. The second-order valence-corrected chi connectivity index (χ2v) is 6.76. The minimum atomic E-state index is -3.87. The Labute approximate surface area is 125 Å². The van der Waals surface area contributed by atoms with E-state index in [2.05, 4.69) is 20.7 Å². The van der Waals surface area contributed by atoms with Gasteiger partial charge in [0.2, 0.25) is 0 Å². The summed E-state index contributed by atoms with van der Waals surface area (Å²) in [5.74, 6) is -0.657. The Kier molecular flexibility index (Phi) is 4.01. The van der Waals surface area contributed by atoms with E-state index >= 15 is 0 Å². The third kappa shape index (κ3) is 2.94. The average Bonchev–Trinajstić information content (AvgIpc) is 2.37. The molecule has 2 aromatic carbocycles. The van der Waals surface area contributed by atoms with E-state index in [1.807, 2.05) is 0 Å². The molecule has 0 atom stereocenters. The van der Waals surface area contributed by atoms with Crippen molar-refractivity contribution < 1.29 is 12.8 Å². The van der Waals surface area contributed by atoms with Crippen LogP contribution >= 0.6 is 15.9 Å². The van der Waals surface area contributed by atoms with Gasteiger partial charge in [-0.25, -0.2) is 12.8 Å². The largest absolute Gasteiger partial charge is 0.399 e. The van der Waals surface area contributed by atoms with Gasteiger partial charge in [0.1, 0.15) is 5.82 Å². The maximum atomic E-state index is 13.7. The summed E-state index contributed by atoms with van der Waals surface area (Å²) in [6.45, 7) is 1.70. The van der Waals surface area contributed by atoms with Crippen molar-refractivity contribution >= 4 is 37.3 Å². The summed E-state index contributed by atoms with van der Waals surface area (Å²) in [4.78, 5) is 0.0272. The van der Waals surface area contributed by atoms with Crippen LogP contribution in [0.5, 0.6) is 0 Å². The number of halogens is 2. The Balaban J connectivity index is 2.43. The molecular formula is C13H12BrFN2O2S. The van der Waals surface area contributed by atoms with Gasteiger partial charge in [0, 0.05) is 10.2 Å². The molecule has 0 saturated heterocycles. The van der Waals surface area contributed by atoms with E-state index in [4.69, 9.17) is 5.73 Å². The summed E-state index contributed by atoms with van der Waals surface area (Å²) < 4.78 is 40.7. The fourth-order valence-electron chi connectivity index (χ4n) is 1.60. The highest BCUT2D eigenvalue weighted by molar-refractivity contribution is 9.10. The molecule has 20 heavy (non-hydrogen) atoms. The first-order valence-corrected chi connectivity index (χ1v) is 7.92. The average molecular weight is 359 g/mol. The third-order valence-electron chi connectivity index (χ3n) is 2.75. The Morgan fingerprint density at radius 1 is 1.25 bits per heavy atom. The van der Waals surface area contributed by atoms with Gasteiger partial charge < -0.3 is 5.73 Å². The van der Waals surface area contributed by atoms with E-state index in [1.165, 1.54) is 30.3 Å². The maximum Gasteiger partial charge on any atom is 0.262 e. The number of nitrogen functional groups attached to an aromatic ring is 1. The fourth-order valence-corrected chi connectivity index (χ4v) is 3.35. The van der Waals surface area contributed by atoms with Crippen LogP contribution in [-0.4, -0.2) is 8.42 Å². The zero-order valence-electron chi connectivity index (χ0n) is 10.5. The van der Waals surface area contributed by atoms with Gasteiger partial charge in [-0.2, -0.15) is 0 Å². The molecule has 0 fully saturated rings. The van der Waals surface area contributed by atoms with Crippen molar-refractivity contribution in [3.05, 3.63) is 52.3 Å². The molecule has 0 bridgehead atoms. The number of nitrogens with one attached hydrogen (secondary N) is 1. The zero-order chi connectivity index (χ0) is 14.9. The number of sulfonamides is 1. The molecule has 0 unspecified atom stereocenters. The van der Waals surface area contributed by atoms with Crippen LogP contribution in [0.3, 0.4) is 0 Å². The molecule has 0 heterocycles. The van der Waals surface area contributed by atoms with E-state index in [0.717, 1.165) is 0 Å². The van der Waals surface area contributed by atoms with E-state index in [-0.39, 0.29) is 10.6 Å². The predicted molar refractivity (Wildman–Crippen MR) is 80.5 cm³/mol. The van der Waals surface area contributed by atoms with Crippen LogP contribution in [0, 0.1) is 12.7 Å². The Bertz CT molecular complexity index is 743. The number of hydrogen-bond donors (Lipinski definition) is 2. The van der Waals surface area contributed by atoms with Gasteiger partial charge in [0.05, 0.1) is 10.6 Å². The molecular weight excluding hydrogens is 347 g/mol. The fraction of sp³-hybridized carbons (Fsp3) is 0.0769. The number of rotatable bonds is 3. The van der Waals surface area contributed by atoms with E-state index in [0.29, 0.717) is 15.7 Å². The lowest BCUT2D eigenvalue weighted by molar-refractivity contribution is 0.598. The van der Waals surface area contributed by atoms with Crippen molar-refractivity contribution in [2.45, 2.75) is 11.8 Å². The smallest absolute Gasteiger partial charge is 0.262 e. The summed E-state index contributed by atoms with van der Waals surface area (Å²) in [6.07, 6.45) is 0. The Morgan fingerprint density at radius 2 is 1.95 bits per heavy atom. The van der Waals surface area contributed by atoms with Crippen molar-refractivity contribution in [1.29, 1.82) is 0 Å². The van der Waals surface area contributed by atoms with E-state index in [9.17, 15) is 12.8 Å². The number of aryl methyl sites for hydroxylation is 1. The van der Waals surface area contributed by atoms with Crippen LogP contribution in [0.1, 0.15) is 5.56 Å². The summed E-state index contributed by atoms with van der Waals surface area (Å²) in [5, 5.41) is 0. The van der Waals surface area contributed by atoms with Crippen molar-refractivity contribution in [3.8, 4) is 0 Å². The molecule has 0 saturated carbocycles. The first kappa shape index (κ1) is 14.8. The molecule has 0 radical (unpaired) electrons. The first-order valence-electron chi connectivity index (χ1n) is 5.64. The molecule has 0 aliphatic carbocycles. The van der Waals surface area contributed by atoms with Gasteiger partial charge in [0.15, 0.2) is 0 Å². The number of anilines is 2. The van der Waals surface area contributed by atoms with Crippen LogP contribution in [0.4, 0.5) is 15.8 Å². The van der Waals surface area contributed by atoms with Crippen LogP contribution in [0.25, 0.3) is 0 Å². The highest BCUT2D eigenvalue weighted by Crippen LogP contribution is 2.28. The second-order valence-electron chi connectivity index (χ2n) is 4.22. The monoisotopic (exact) mass is 358 g/mol. The normalized spacial score (nSPS) is 11.3. The van der Waals surface area contributed by atoms with Crippen molar-refractivity contribution in [3.63, 3.8) is 0 Å². The topological polar surface area (TPSA) is 72.2 Å². The highest BCUT2D eigenvalue weighted by atomic mass is 79.9. The minimum absolute atomic E-state index is 0.0272. The van der Waals surface area contributed by atoms with Gasteiger partial charge in [-0.1, -0.05) is 6.07 Å². The molecule has 0 amide bonds. The molecule has 0 aromatic heterocycles. The predicted octanol–water partition coefficient (Wildman–Crippen LogP) is 3.28. The van der Waals surface area contributed by atoms with Gasteiger partial charge in [-0.15, -0.1) is 0 Å². The lowest BCUT2D eigenvalue weighted by Crippen LogP contribution is -2.14. The highest BCUT2D eigenvalue weighted by Gasteiger charge is 2.18. The van der Waals surface area contributed by atoms with Gasteiger partial charge >= 0.3 is 0 Å². The lowest BCUT2D eigenvalue weighted by Gasteiger charge is -2.11. The summed E-state index contributed by atoms with van der Waals surface area (Å²) in [5.41, 5.74) is 6.66. The van der Waals surface area contributed by atoms with Crippen LogP contribution < -0.4 is 10.5 Å². The molecule has 0 aliphatic rings. The third-order valence-corrected chi connectivity index (χ3v) is 4.76. The lowest BCUT2D eigenvalue weighted by atomic mass is 10.2. The second kappa shape index (κ2) is 5.41. The molecule has 0 aliphatic heterocycles. The SMILES string of the molecule is Cc1cc(S(=O)(=O)Nc2c(F)cccc2Br)ccc1N. The molecule has 4 nitrogen and oxygen atoms in total. The standard InChI is InChI=1S/C13H12BrFN2O2S/c1-8-7-9(5-6-12(8)16)20(18,19)17-13-10(14)3-2-4-11(13)15/h2-7,17H,16H2,1H3. The van der Waals surface area contributed by atoms with Gasteiger partial charge in [-0.05, 0) is 58.7 Å². The molecule has 2 aromatic rings. The number of hydrogen-bond acceptors (Lipinski definition) is 3. The molecule has 106 valence electrons. The Hall–Kier alpha value is -1.60. The molecule has 3 N–H and O–H groups in total. The van der Waals surface area contributed by atoms with Crippen molar-refractivity contribution in [2.24, 2.45) is 0 Å². The maximum absolute atomic E-state index is 13.7. The summed E-state index contributed by atoms with van der Waals surface area (Å²) >= 11 is 3.11. The number of nitrogens with two attached hydrogens (primary N) is 1. The Morgan fingerprint density at radius 3 is 2.55 bits per heavy atom. The molecule has 0 spiro atoms. The molecule has 2 rings (SSSR count). The van der Waals surface area contributed by atoms with Crippen LogP contribution in [0.15, 0.2) is 45.8 Å². The van der Waals surface area contributed by atoms with Gasteiger partial charge in [0.25, 0.3) is 10.0 Å². The number of para-hydroxylation sites is 1. The quantitative estimate of drug-likeness (QED) is 0.827. The summed E-state index contributed by atoms with van der Waals surface area (Å²) in [6, 6.07) is 8.52.